The van der Waals surface area contributed by atoms with Gasteiger partial charge >= 0.3 is 0 Å². The molecule has 2 aromatic carbocycles. The van der Waals surface area contributed by atoms with Crippen molar-refractivity contribution in [2.45, 2.75) is 25.3 Å². The number of rotatable bonds is 4. The van der Waals surface area contributed by atoms with Crippen LogP contribution in [0.1, 0.15) is 30.2 Å². The molecule has 3 aromatic rings. The van der Waals surface area contributed by atoms with E-state index in [0.29, 0.717) is 11.7 Å². The Labute approximate surface area is 152 Å². The number of aromatic nitrogens is 2. The summed E-state index contributed by atoms with van der Waals surface area (Å²) in [6, 6.07) is 18.0. The molecule has 0 unspecified atom stereocenters. The first kappa shape index (κ1) is 16.3. The van der Waals surface area contributed by atoms with Gasteiger partial charge in [-0.2, -0.15) is 4.98 Å². The zero-order valence-electron chi connectivity index (χ0n) is 13.9. The lowest BCUT2D eigenvalue weighted by molar-refractivity contribution is 0.187. The third kappa shape index (κ3) is 3.75. The van der Waals surface area contributed by atoms with Gasteiger partial charge in [-0.1, -0.05) is 65.3 Å². The van der Waals surface area contributed by atoms with E-state index in [1.54, 1.807) is 0 Å². The second-order valence-electron chi connectivity index (χ2n) is 6.46. The normalized spacial score (nSPS) is 16.2. The fourth-order valence-electron chi connectivity index (χ4n) is 3.31. The van der Waals surface area contributed by atoms with Crippen LogP contribution in [0.15, 0.2) is 59.1 Å². The summed E-state index contributed by atoms with van der Waals surface area (Å²) in [7, 11) is 0. The predicted octanol–water partition coefficient (Wildman–Crippen LogP) is 4.77. The summed E-state index contributed by atoms with van der Waals surface area (Å²) in [6.07, 6.45) is 2.06. The summed E-state index contributed by atoms with van der Waals surface area (Å²) < 4.78 is 5.53. The minimum Gasteiger partial charge on any atom is -0.339 e. The van der Waals surface area contributed by atoms with Crippen LogP contribution in [0, 0.1) is 0 Å². The van der Waals surface area contributed by atoms with Crippen molar-refractivity contribution in [3.8, 4) is 11.4 Å². The number of hydrogen-bond donors (Lipinski definition) is 0. The molecule has 4 rings (SSSR count). The number of nitrogens with zero attached hydrogens (tertiary/aromatic N) is 3. The third-order valence-electron chi connectivity index (χ3n) is 4.76. The van der Waals surface area contributed by atoms with E-state index in [0.717, 1.165) is 49.0 Å². The van der Waals surface area contributed by atoms with Crippen LogP contribution in [-0.4, -0.2) is 28.1 Å². The van der Waals surface area contributed by atoms with E-state index in [4.69, 9.17) is 16.1 Å². The Balaban J connectivity index is 1.38. The van der Waals surface area contributed by atoms with Crippen molar-refractivity contribution in [2.24, 2.45) is 0 Å². The molecule has 1 aromatic heterocycles. The Kier molecular flexibility index (Phi) is 4.81. The highest BCUT2D eigenvalue weighted by Gasteiger charge is 2.25. The Morgan fingerprint density at radius 3 is 2.48 bits per heavy atom. The van der Waals surface area contributed by atoms with E-state index in [2.05, 4.69) is 21.1 Å². The van der Waals surface area contributed by atoms with Gasteiger partial charge < -0.3 is 4.52 Å². The lowest BCUT2D eigenvalue weighted by atomic mass is 9.96. The van der Waals surface area contributed by atoms with Gasteiger partial charge in [0, 0.05) is 23.0 Å². The quantitative estimate of drug-likeness (QED) is 0.677. The zero-order valence-corrected chi connectivity index (χ0v) is 14.7. The van der Waals surface area contributed by atoms with Gasteiger partial charge in [0.25, 0.3) is 0 Å². The number of likely N-dealkylation sites (tertiary alicyclic amines) is 1. The average molecular weight is 354 g/mol. The fraction of sp³-hybridized carbons (Fsp3) is 0.300. The lowest BCUT2D eigenvalue weighted by Gasteiger charge is -2.30. The summed E-state index contributed by atoms with van der Waals surface area (Å²) in [4.78, 5) is 7.05. The van der Waals surface area contributed by atoms with Crippen LogP contribution in [0.25, 0.3) is 11.4 Å². The van der Waals surface area contributed by atoms with Crippen molar-refractivity contribution in [3.63, 3.8) is 0 Å². The van der Waals surface area contributed by atoms with Crippen molar-refractivity contribution in [2.75, 3.05) is 13.1 Å². The van der Waals surface area contributed by atoms with Crippen LogP contribution in [0.3, 0.4) is 0 Å². The van der Waals surface area contributed by atoms with Gasteiger partial charge in [-0.3, -0.25) is 4.90 Å². The third-order valence-corrected chi connectivity index (χ3v) is 5.13. The molecule has 0 N–H and O–H groups in total. The first-order chi connectivity index (χ1) is 12.3. The zero-order chi connectivity index (χ0) is 17.1. The van der Waals surface area contributed by atoms with E-state index in [1.807, 2.05) is 48.5 Å². The van der Waals surface area contributed by atoms with Gasteiger partial charge in [-0.15, -0.1) is 0 Å². The Bertz CT molecular complexity index is 826. The molecular weight excluding hydrogens is 334 g/mol. The van der Waals surface area contributed by atoms with Crippen LogP contribution in [0.5, 0.6) is 0 Å². The molecule has 1 aliphatic rings. The standard InChI is InChI=1S/C20H20ClN3O/c21-18-9-5-4-8-17(18)14-24-12-10-16(11-13-24)20-22-19(23-25-20)15-6-2-1-3-7-15/h1-9,16H,10-14H2. The predicted molar refractivity (Wildman–Crippen MR) is 98.4 cm³/mol. The maximum atomic E-state index is 6.27. The molecule has 0 amide bonds. The molecule has 25 heavy (non-hydrogen) atoms. The van der Waals surface area contributed by atoms with Crippen molar-refractivity contribution < 1.29 is 4.52 Å². The first-order valence-corrected chi connectivity index (χ1v) is 9.02. The smallest absolute Gasteiger partial charge is 0.230 e. The Hall–Kier alpha value is -2.17. The molecule has 0 radical (unpaired) electrons. The molecule has 2 heterocycles. The monoisotopic (exact) mass is 353 g/mol. The maximum absolute atomic E-state index is 6.27. The van der Waals surface area contributed by atoms with E-state index < -0.39 is 0 Å². The van der Waals surface area contributed by atoms with Crippen molar-refractivity contribution >= 4 is 11.6 Å². The summed E-state index contributed by atoms with van der Waals surface area (Å²) in [5, 5.41) is 4.98. The van der Waals surface area contributed by atoms with E-state index in [1.165, 1.54) is 5.56 Å². The van der Waals surface area contributed by atoms with Crippen LogP contribution in [0.2, 0.25) is 5.02 Å². The number of benzene rings is 2. The Morgan fingerprint density at radius 2 is 1.72 bits per heavy atom. The van der Waals surface area contributed by atoms with E-state index in [-0.39, 0.29) is 0 Å². The summed E-state index contributed by atoms with van der Waals surface area (Å²) in [6.45, 7) is 2.92. The van der Waals surface area contributed by atoms with Crippen LogP contribution >= 0.6 is 11.6 Å². The number of hydrogen-bond acceptors (Lipinski definition) is 4. The molecule has 0 bridgehead atoms. The second-order valence-corrected chi connectivity index (χ2v) is 6.87. The topological polar surface area (TPSA) is 42.2 Å². The van der Waals surface area contributed by atoms with Crippen molar-refractivity contribution in [1.82, 2.24) is 15.0 Å². The summed E-state index contributed by atoms with van der Waals surface area (Å²) in [5.41, 5.74) is 2.18. The van der Waals surface area contributed by atoms with Gasteiger partial charge in [0.2, 0.25) is 11.7 Å². The minimum atomic E-state index is 0.340. The summed E-state index contributed by atoms with van der Waals surface area (Å²) in [5.74, 6) is 1.78. The minimum absolute atomic E-state index is 0.340. The summed E-state index contributed by atoms with van der Waals surface area (Å²) >= 11 is 6.27. The molecule has 0 spiro atoms. The van der Waals surface area contributed by atoms with E-state index in [9.17, 15) is 0 Å². The average Bonchev–Trinajstić information content (AvgIpc) is 3.15. The molecule has 0 atom stereocenters. The van der Waals surface area contributed by atoms with Gasteiger partial charge in [0.15, 0.2) is 0 Å². The van der Waals surface area contributed by atoms with Gasteiger partial charge in [0.1, 0.15) is 0 Å². The van der Waals surface area contributed by atoms with Crippen LogP contribution in [-0.2, 0) is 6.54 Å². The van der Waals surface area contributed by atoms with Gasteiger partial charge in [0.05, 0.1) is 0 Å². The largest absolute Gasteiger partial charge is 0.339 e. The highest BCUT2D eigenvalue weighted by atomic mass is 35.5. The van der Waals surface area contributed by atoms with Crippen LogP contribution < -0.4 is 0 Å². The maximum Gasteiger partial charge on any atom is 0.230 e. The van der Waals surface area contributed by atoms with Crippen molar-refractivity contribution in [1.29, 1.82) is 0 Å². The molecule has 1 fully saturated rings. The fourth-order valence-corrected chi connectivity index (χ4v) is 3.51. The SMILES string of the molecule is Clc1ccccc1CN1CCC(c2nc(-c3ccccc3)no2)CC1. The molecule has 0 saturated carbocycles. The van der Waals surface area contributed by atoms with Gasteiger partial charge in [-0.25, -0.2) is 0 Å². The molecule has 128 valence electrons. The Morgan fingerprint density at radius 1 is 1.00 bits per heavy atom. The molecular formula is C20H20ClN3O. The molecule has 1 aliphatic heterocycles. The second kappa shape index (κ2) is 7.38. The lowest BCUT2D eigenvalue weighted by Crippen LogP contribution is -2.32. The molecule has 1 saturated heterocycles. The number of piperidine rings is 1. The number of halogens is 1. The molecule has 0 aliphatic carbocycles. The van der Waals surface area contributed by atoms with Gasteiger partial charge in [-0.05, 0) is 37.6 Å². The highest BCUT2D eigenvalue weighted by molar-refractivity contribution is 6.31. The van der Waals surface area contributed by atoms with Crippen LogP contribution in [0.4, 0.5) is 0 Å². The first-order valence-electron chi connectivity index (χ1n) is 8.64. The molecule has 4 nitrogen and oxygen atoms in total. The van der Waals surface area contributed by atoms with Crippen molar-refractivity contribution in [3.05, 3.63) is 71.1 Å². The van der Waals surface area contributed by atoms with E-state index >= 15 is 0 Å². The highest BCUT2D eigenvalue weighted by Crippen LogP contribution is 2.29. The molecule has 5 heteroatoms.